The highest BCUT2D eigenvalue weighted by atomic mass is 79.9. The number of nitrogen functional groups attached to an aromatic ring is 1. The Morgan fingerprint density at radius 3 is 2.53 bits per heavy atom. The molecule has 0 aliphatic carbocycles. The van der Waals surface area contributed by atoms with Crippen LogP contribution in [0.4, 0.5) is 18.9 Å². The van der Waals surface area contributed by atoms with Crippen molar-refractivity contribution in [2.75, 3.05) is 5.73 Å². The highest BCUT2D eigenvalue weighted by Crippen LogP contribution is 2.41. The first-order valence-electron chi connectivity index (χ1n) is 5.12. The van der Waals surface area contributed by atoms with Gasteiger partial charge in [-0.05, 0) is 24.3 Å². The van der Waals surface area contributed by atoms with Gasteiger partial charge in [0.1, 0.15) is 0 Å². The molecule has 7 heteroatoms. The Kier molecular flexibility index (Phi) is 4.05. The van der Waals surface area contributed by atoms with Gasteiger partial charge in [0.25, 0.3) is 0 Å². The number of hydrogen-bond acceptors (Lipinski definition) is 3. The fourth-order valence-corrected chi connectivity index (χ4v) is 2.74. The van der Waals surface area contributed by atoms with Gasteiger partial charge in [-0.25, -0.2) is 0 Å². The first-order valence-corrected chi connectivity index (χ1v) is 6.73. The van der Waals surface area contributed by atoms with E-state index < -0.39 is 11.7 Å². The van der Waals surface area contributed by atoms with E-state index in [1.165, 1.54) is 18.5 Å². The van der Waals surface area contributed by atoms with Gasteiger partial charge in [-0.15, -0.1) is 0 Å². The smallest absolute Gasteiger partial charge is 0.397 e. The molecular weight excluding hydrogens is 341 g/mol. The van der Waals surface area contributed by atoms with Crippen LogP contribution in [0.2, 0.25) is 0 Å². The molecule has 1 aromatic heterocycles. The van der Waals surface area contributed by atoms with E-state index >= 15 is 0 Å². The zero-order valence-corrected chi connectivity index (χ0v) is 11.8. The molecule has 0 bridgehead atoms. The fraction of sp³-hybridized carbons (Fsp3) is 0.0833. The summed E-state index contributed by atoms with van der Waals surface area (Å²) in [5, 5.41) is 0. The molecule has 0 saturated heterocycles. The topological polar surface area (TPSA) is 38.9 Å². The molecular formula is C12H8BrF3N2S. The van der Waals surface area contributed by atoms with E-state index in [0.717, 1.165) is 17.8 Å². The monoisotopic (exact) mass is 348 g/mol. The SMILES string of the molecule is Nc1cnccc1Sc1ccc(Br)cc1C(F)(F)F. The standard InChI is InChI=1S/C12H8BrF3N2S/c13-7-1-2-10(8(5-7)12(14,15)16)19-11-3-4-18-6-9(11)17/h1-6H,17H2. The third kappa shape index (κ3) is 3.42. The molecule has 2 aromatic rings. The Morgan fingerprint density at radius 1 is 1.16 bits per heavy atom. The highest BCUT2D eigenvalue weighted by Gasteiger charge is 2.33. The van der Waals surface area contributed by atoms with E-state index in [2.05, 4.69) is 20.9 Å². The lowest BCUT2D eigenvalue weighted by atomic mass is 10.2. The van der Waals surface area contributed by atoms with Crippen LogP contribution in [0.3, 0.4) is 0 Å². The van der Waals surface area contributed by atoms with Crippen LogP contribution in [0.15, 0.2) is 50.9 Å². The van der Waals surface area contributed by atoms with E-state index in [1.54, 1.807) is 12.1 Å². The summed E-state index contributed by atoms with van der Waals surface area (Å²) in [4.78, 5) is 4.45. The van der Waals surface area contributed by atoms with Crippen LogP contribution in [0, 0.1) is 0 Å². The molecule has 19 heavy (non-hydrogen) atoms. The number of aromatic nitrogens is 1. The molecule has 0 fully saturated rings. The molecule has 2 rings (SSSR count). The number of benzene rings is 1. The summed E-state index contributed by atoms with van der Waals surface area (Å²) >= 11 is 4.02. The quantitative estimate of drug-likeness (QED) is 0.862. The highest BCUT2D eigenvalue weighted by molar-refractivity contribution is 9.10. The summed E-state index contributed by atoms with van der Waals surface area (Å²) in [5.74, 6) is 0. The van der Waals surface area contributed by atoms with Gasteiger partial charge in [-0.2, -0.15) is 13.2 Å². The maximum absolute atomic E-state index is 13.0. The molecule has 0 saturated carbocycles. The lowest BCUT2D eigenvalue weighted by molar-refractivity contribution is -0.139. The summed E-state index contributed by atoms with van der Waals surface area (Å²) in [7, 11) is 0. The minimum Gasteiger partial charge on any atom is -0.397 e. The van der Waals surface area contributed by atoms with Gasteiger partial charge in [-0.3, -0.25) is 4.98 Å². The van der Waals surface area contributed by atoms with Crippen molar-refractivity contribution in [1.29, 1.82) is 0 Å². The Hall–Kier alpha value is -1.21. The van der Waals surface area contributed by atoms with E-state index in [-0.39, 0.29) is 4.90 Å². The van der Waals surface area contributed by atoms with Gasteiger partial charge in [0.15, 0.2) is 0 Å². The van der Waals surface area contributed by atoms with Crippen molar-refractivity contribution < 1.29 is 13.2 Å². The number of pyridine rings is 1. The third-order valence-electron chi connectivity index (χ3n) is 2.28. The van der Waals surface area contributed by atoms with Gasteiger partial charge in [0, 0.05) is 20.5 Å². The minimum atomic E-state index is -4.41. The third-order valence-corrected chi connectivity index (χ3v) is 3.94. The molecule has 0 aliphatic rings. The summed E-state index contributed by atoms with van der Waals surface area (Å²) in [6, 6.07) is 5.62. The average Bonchev–Trinajstić information content (AvgIpc) is 2.33. The molecule has 0 spiro atoms. The van der Waals surface area contributed by atoms with Crippen LogP contribution in [-0.4, -0.2) is 4.98 Å². The first kappa shape index (κ1) is 14.2. The minimum absolute atomic E-state index is 0.105. The lowest BCUT2D eigenvalue weighted by Crippen LogP contribution is -2.06. The normalized spacial score (nSPS) is 11.6. The van der Waals surface area contributed by atoms with Crippen molar-refractivity contribution >= 4 is 33.4 Å². The number of rotatable bonds is 2. The molecule has 0 aliphatic heterocycles. The van der Waals surface area contributed by atoms with Crippen LogP contribution in [-0.2, 0) is 6.18 Å². The van der Waals surface area contributed by atoms with E-state index in [9.17, 15) is 13.2 Å². The number of nitrogens with zero attached hydrogens (tertiary/aromatic N) is 1. The predicted molar refractivity (Wildman–Crippen MR) is 71.9 cm³/mol. The lowest BCUT2D eigenvalue weighted by Gasteiger charge is -2.13. The van der Waals surface area contributed by atoms with Gasteiger partial charge in [0.2, 0.25) is 0 Å². The maximum Gasteiger partial charge on any atom is 0.417 e. The molecule has 1 heterocycles. The molecule has 2 N–H and O–H groups in total. The van der Waals surface area contributed by atoms with Crippen LogP contribution < -0.4 is 5.73 Å². The predicted octanol–water partition coefficient (Wildman–Crippen LogP) is 4.60. The molecule has 1 aromatic carbocycles. The zero-order chi connectivity index (χ0) is 14.0. The van der Waals surface area contributed by atoms with Crippen LogP contribution in [0.25, 0.3) is 0 Å². The zero-order valence-electron chi connectivity index (χ0n) is 9.41. The summed E-state index contributed by atoms with van der Waals surface area (Å²) in [6.45, 7) is 0. The van der Waals surface area contributed by atoms with Crippen molar-refractivity contribution in [3.8, 4) is 0 Å². The largest absolute Gasteiger partial charge is 0.417 e. The number of halogens is 4. The molecule has 100 valence electrons. The van der Waals surface area contributed by atoms with Crippen molar-refractivity contribution in [3.63, 3.8) is 0 Å². The summed E-state index contributed by atoms with van der Waals surface area (Å²) in [6.07, 6.45) is -1.51. The number of hydrogen-bond donors (Lipinski definition) is 1. The molecule has 0 unspecified atom stereocenters. The van der Waals surface area contributed by atoms with Crippen LogP contribution in [0.1, 0.15) is 5.56 Å². The summed E-state index contributed by atoms with van der Waals surface area (Å²) < 4.78 is 39.2. The van der Waals surface area contributed by atoms with Gasteiger partial charge < -0.3 is 5.73 Å². The average molecular weight is 349 g/mol. The summed E-state index contributed by atoms with van der Waals surface area (Å²) in [5.41, 5.74) is 5.34. The number of anilines is 1. The number of nitrogens with two attached hydrogens (primary N) is 1. The second kappa shape index (κ2) is 5.42. The Bertz CT molecular complexity index is 602. The Labute approximate surface area is 120 Å². The van der Waals surface area contributed by atoms with Crippen molar-refractivity contribution in [3.05, 3.63) is 46.7 Å². The molecule has 2 nitrogen and oxygen atoms in total. The van der Waals surface area contributed by atoms with Crippen LogP contribution >= 0.6 is 27.7 Å². The second-order valence-electron chi connectivity index (χ2n) is 3.65. The van der Waals surface area contributed by atoms with Crippen molar-refractivity contribution in [2.45, 2.75) is 16.0 Å². The Morgan fingerprint density at radius 2 is 1.89 bits per heavy atom. The molecule has 0 radical (unpaired) electrons. The van der Waals surface area contributed by atoms with Gasteiger partial charge in [0.05, 0.1) is 17.4 Å². The Balaban J connectivity index is 2.44. The van der Waals surface area contributed by atoms with Crippen LogP contribution in [0.5, 0.6) is 0 Å². The number of alkyl halides is 3. The maximum atomic E-state index is 13.0. The van der Waals surface area contributed by atoms with E-state index in [0.29, 0.717) is 15.1 Å². The van der Waals surface area contributed by atoms with Crippen molar-refractivity contribution in [1.82, 2.24) is 4.98 Å². The first-order chi connectivity index (χ1) is 8.88. The molecule has 0 atom stereocenters. The van der Waals surface area contributed by atoms with Gasteiger partial charge in [-0.1, -0.05) is 27.7 Å². The second-order valence-corrected chi connectivity index (χ2v) is 5.65. The van der Waals surface area contributed by atoms with Gasteiger partial charge >= 0.3 is 6.18 Å². The van der Waals surface area contributed by atoms with E-state index in [1.807, 2.05) is 0 Å². The molecule has 0 amide bonds. The fourth-order valence-electron chi connectivity index (χ4n) is 1.42. The van der Waals surface area contributed by atoms with E-state index in [4.69, 9.17) is 5.73 Å². The van der Waals surface area contributed by atoms with Crippen molar-refractivity contribution in [2.24, 2.45) is 0 Å².